The lowest BCUT2D eigenvalue weighted by Gasteiger charge is -2.24. The quantitative estimate of drug-likeness (QED) is 0.776. The first-order valence-corrected chi connectivity index (χ1v) is 7.04. The van der Waals surface area contributed by atoms with Crippen molar-refractivity contribution in [2.24, 2.45) is 5.73 Å². The van der Waals surface area contributed by atoms with Gasteiger partial charge in [-0.1, -0.05) is 11.6 Å². The predicted molar refractivity (Wildman–Crippen MR) is 82.3 cm³/mol. The zero-order chi connectivity index (χ0) is 16.7. The van der Waals surface area contributed by atoms with Gasteiger partial charge in [0, 0.05) is 11.3 Å². The molecule has 0 radical (unpaired) electrons. The highest BCUT2D eigenvalue weighted by atomic mass is 35.5. The minimum Gasteiger partial charge on any atom is -0.503 e. The van der Waals surface area contributed by atoms with E-state index in [1.165, 1.54) is 7.11 Å². The number of H-pyrrole nitrogens is 1. The van der Waals surface area contributed by atoms with Crippen LogP contribution in [0.2, 0.25) is 5.02 Å². The molecular weight excluding hydrogens is 320 g/mol. The van der Waals surface area contributed by atoms with E-state index < -0.39 is 5.92 Å². The molecular formula is C15H13ClN4O3. The van der Waals surface area contributed by atoms with E-state index in [-0.39, 0.29) is 28.0 Å². The van der Waals surface area contributed by atoms with Crippen LogP contribution < -0.4 is 15.2 Å². The summed E-state index contributed by atoms with van der Waals surface area (Å²) in [6, 6.07) is 5.25. The average Bonchev–Trinajstić information content (AvgIpc) is 2.89. The van der Waals surface area contributed by atoms with Gasteiger partial charge >= 0.3 is 0 Å². The molecule has 1 aromatic heterocycles. The van der Waals surface area contributed by atoms with Crippen molar-refractivity contribution in [1.82, 2.24) is 10.2 Å². The van der Waals surface area contributed by atoms with Crippen LogP contribution in [0.1, 0.15) is 22.7 Å². The van der Waals surface area contributed by atoms with Crippen LogP contribution in [-0.4, -0.2) is 22.4 Å². The third kappa shape index (κ3) is 2.24. The summed E-state index contributed by atoms with van der Waals surface area (Å²) in [7, 11) is 1.42. The van der Waals surface area contributed by atoms with Crippen LogP contribution in [0.15, 0.2) is 23.6 Å². The first-order valence-electron chi connectivity index (χ1n) is 6.66. The number of nitrogens with two attached hydrogens (primary N) is 1. The maximum atomic E-state index is 9.90. The molecule has 7 nitrogen and oxygen atoms in total. The maximum Gasteiger partial charge on any atom is 0.244 e. The maximum absolute atomic E-state index is 9.90. The molecule has 0 unspecified atom stereocenters. The lowest BCUT2D eigenvalue weighted by atomic mass is 9.84. The van der Waals surface area contributed by atoms with Crippen LogP contribution in [0, 0.1) is 18.3 Å². The van der Waals surface area contributed by atoms with Gasteiger partial charge in [-0.05, 0) is 24.6 Å². The number of methoxy groups -OCH3 is 1. The number of phenols is 1. The van der Waals surface area contributed by atoms with E-state index in [9.17, 15) is 10.4 Å². The van der Waals surface area contributed by atoms with Gasteiger partial charge in [0.2, 0.25) is 11.8 Å². The Morgan fingerprint density at radius 1 is 1.52 bits per heavy atom. The first-order chi connectivity index (χ1) is 11.0. The van der Waals surface area contributed by atoms with E-state index >= 15 is 0 Å². The van der Waals surface area contributed by atoms with Crippen molar-refractivity contribution in [2.75, 3.05) is 7.11 Å². The van der Waals surface area contributed by atoms with Gasteiger partial charge in [-0.15, -0.1) is 5.10 Å². The number of nitrogens with zero attached hydrogens (tertiary/aromatic N) is 2. The summed E-state index contributed by atoms with van der Waals surface area (Å²) >= 11 is 6.07. The number of allylic oxidation sites excluding steroid dienone is 1. The number of benzene rings is 1. The molecule has 2 heterocycles. The standard InChI is InChI=1S/C15H13ClN4O3/c1-6-11-12(7-3-9(16)13(21)10(4-7)22-2)8(5-17)14(18)23-15(11)20-19-6/h3-4,12,21H,18H2,1-2H3,(H,19,20)/t12-/m1/s1. The summed E-state index contributed by atoms with van der Waals surface area (Å²) in [5.74, 6) is -0.177. The Bertz CT molecular complexity index is 866. The fraction of sp³-hybridized carbons (Fsp3) is 0.200. The molecule has 0 spiro atoms. The fourth-order valence-electron chi connectivity index (χ4n) is 2.65. The van der Waals surface area contributed by atoms with E-state index in [0.29, 0.717) is 17.0 Å². The highest BCUT2D eigenvalue weighted by Crippen LogP contribution is 2.46. The SMILES string of the molecule is COc1cc([C@@H]2C(C#N)=C(N)Oc3n[nH]c(C)c32)cc(Cl)c1O. The van der Waals surface area contributed by atoms with Crippen LogP contribution in [0.3, 0.4) is 0 Å². The number of phenolic OH excluding ortho intramolecular Hbond substituents is 1. The van der Waals surface area contributed by atoms with Crippen molar-refractivity contribution < 1.29 is 14.6 Å². The minimum absolute atomic E-state index is 0.0142. The number of nitriles is 1. The van der Waals surface area contributed by atoms with Gasteiger partial charge in [0.15, 0.2) is 11.5 Å². The molecule has 2 aromatic rings. The van der Waals surface area contributed by atoms with Crippen molar-refractivity contribution in [3.05, 3.63) is 45.4 Å². The van der Waals surface area contributed by atoms with Gasteiger partial charge in [0.25, 0.3) is 0 Å². The van der Waals surface area contributed by atoms with Crippen molar-refractivity contribution in [1.29, 1.82) is 5.26 Å². The van der Waals surface area contributed by atoms with Gasteiger partial charge in [-0.3, -0.25) is 5.10 Å². The summed E-state index contributed by atoms with van der Waals surface area (Å²) < 4.78 is 10.5. The largest absolute Gasteiger partial charge is 0.503 e. The number of rotatable bonds is 2. The van der Waals surface area contributed by atoms with E-state index in [1.807, 2.05) is 6.92 Å². The number of aryl methyl sites for hydroxylation is 1. The molecule has 0 bridgehead atoms. The zero-order valence-electron chi connectivity index (χ0n) is 12.3. The van der Waals surface area contributed by atoms with Gasteiger partial charge < -0.3 is 20.3 Å². The molecule has 0 saturated heterocycles. The molecule has 118 valence electrons. The lowest BCUT2D eigenvalue weighted by molar-refractivity contribution is 0.371. The van der Waals surface area contributed by atoms with Crippen molar-refractivity contribution in [3.8, 4) is 23.4 Å². The number of halogens is 1. The smallest absolute Gasteiger partial charge is 0.244 e. The van der Waals surface area contributed by atoms with E-state index in [0.717, 1.165) is 5.69 Å². The molecule has 0 saturated carbocycles. The molecule has 1 atom stereocenters. The number of hydrogen-bond donors (Lipinski definition) is 3. The number of nitrogens with one attached hydrogen (secondary N) is 1. The second-order valence-electron chi connectivity index (χ2n) is 5.05. The number of aromatic hydroxyl groups is 1. The zero-order valence-corrected chi connectivity index (χ0v) is 13.1. The van der Waals surface area contributed by atoms with E-state index in [1.54, 1.807) is 12.1 Å². The summed E-state index contributed by atoms with van der Waals surface area (Å²) in [6.07, 6.45) is 0. The van der Waals surface area contributed by atoms with Crippen LogP contribution in [0.25, 0.3) is 0 Å². The molecule has 4 N–H and O–H groups in total. The van der Waals surface area contributed by atoms with Crippen LogP contribution in [0.5, 0.6) is 17.4 Å². The van der Waals surface area contributed by atoms with Crippen LogP contribution in [0.4, 0.5) is 0 Å². The Labute approximate surface area is 136 Å². The van der Waals surface area contributed by atoms with E-state index in [2.05, 4.69) is 16.3 Å². The molecule has 0 amide bonds. The Balaban J connectivity index is 2.27. The molecule has 1 aliphatic rings. The van der Waals surface area contributed by atoms with Gasteiger partial charge in [-0.25, -0.2) is 0 Å². The Morgan fingerprint density at radius 2 is 2.26 bits per heavy atom. The van der Waals surface area contributed by atoms with Crippen LogP contribution in [-0.2, 0) is 0 Å². The Morgan fingerprint density at radius 3 is 2.91 bits per heavy atom. The third-order valence-electron chi connectivity index (χ3n) is 3.73. The Kier molecular flexibility index (Phi) is 3.54. The fourth-order valence-corrected chi connectivity index (χ4v) is 2.87. The van der Waals surface area contributed by atoms with Gasteiger partial charge in [0.1, 0.15) is 11.6 Å². The van der Waals surface area contributed by atoms with Crippen molar-refractivity contribution in [2.45, 2.75) is 12.8 Å². The normalized spacial score (nSPS) is 16.5. The molecule has 1 aliphatic heterocycles. The second-order valence-corrected chi connectivity index (χ2v) is 5.45. The van der Waals surface area contributed by atoms with Crippen molar-refractivity contribution >= 4 is 11.6 Å². The number of aromatic nitrogens is 2. The van der Waals surface area contributed by atoms with Crippen LogP contribution >= 0.6 is 11.6 Å². The number of fused-ring (bicyclic) bond motifs is 1. The number of ether oxygens (including phenoxy) is 2. The summed E-state index contributed by atoms with van der Waals surface area (Å²) in [5, 5.41) is 26.4. The highest BCUT2D eigenvalue weighted by Gasteiger charge is 2.35. The topological polar surface area (TPSA) is 117 Å². The molecule has 3 rings (SSSR count). The molecule has 8 heteroatoms. The monoisotopic (exact) mass is 332 g/mol. The first kappa shape index (κ1) is 15.1. The molecule has 23 heavy (non-hydrogen) atoms. The highest BCUT2D eigenvalue weighted by molar-refractivity contribution is 6.32. The molecule has 0 aliphatic carbocycles. The van der Waals surface area contributed by atoms with Gasteiger partial charge in [-0.2, -0.15) is 5.26 Å². The predicted octanol–water partition coefficient (Wildman–Crippen LogP) is 2.30. The molecule has 0 fully saturated rings. The third-order valence-corrected chi connectivity index (χ3v) is 4.02. The minimum atomic E-state index is -0.519. The van der Waals surface area contributed by atoms with E-state index in [4.69, 9.17) is 26.8 Å². The summed E-state index contributed by atoms with van der Waals surface area (Å²) in [5.41, 5.74) is 8.16. The summed E-state index contributed by atoms with van der Waals surface area (Å²) in [6.45, 7) is 1.82. The number of aromatic amines is 1. The molecule has 1 aromatic carbocycles. The van der Waals surface area contributed by atoms with Crippen molar-refractivity contribution in [3.63, 3.8) is 0 Å². The Hall–Kier alpha value is -2.85. The number of hydrogen-bond acceptors (Lipinski definition) is 6. The lowest BCUT2D eigenvalue weighted by Crippen LogP contribution is -2.21. The second kappa shape index (κ2) is 5.41. The van der Waals surface area contributed by atoms with Gasteiger partial charge in [0.05, 0.1) is 18.1 Å². The summed E-state index contributed by atoms with van der Waals surface area (Å²) in [4.78, 5) is 0. The average molecular weight is 333 g/mol.